The van der Waals surface area contributed by atoms with Crippen molar-refractivity contribution in [3.8, 4) is 0 Å². The van der Waals surface area contributed by atoms with E-state index in [9.17, 15) is 20.0 Å². The van der Waals surface area contributed by atoms with Crippen LogP contribution in [0.4, 0.5) is 5.69 Å². The number of carbonyl (C=O) groups is 1. The minimum absolute atomic E-state index is 0.133. The lowest BCUT2D eigenvalue weighted by atomic mass is 10.1. The van der Waals surface area contributed by atoms with Crippen LogP contribution in [-0.2, 0) is 4.79 Å². The third-order valence-corrected chi connectivity index (χ3v) is 2.93. The second-order valence-electron chi connectivity index (χ2n) is 4.58. The first-order chi connectivity index (χ1) is 9.51. The van der Waals surface area contributed by atoms with Crippen LogP contribution in [0, 0.1) is 10.1 Å². The molecule has 1 atom stereocenters. The number of benzene rings is 1. The fourth-order valence-electron chi connectivity index (χ4n) is 2.00. The number of aliphatic hydroxyl groups is 1. The number of carbonyl (C=O) groups excluding carboxylic acids is 1. The lowest BCUT2D eigenvalue weighted by Crippen LogP contribution is -2.36. The van der Waals surface area contributed by atoms with Crippen molar-refractivity contribution in [1.29, 1.82) is 0 Å². The van der Waals surface area contributed by atoms with Gasteiger partial charge in [-0.25, -0.2) is 0 Å². The molecular formula is C14H20N2O4. The molecule has 1 unspecified atom stereocenters. The van der Waals surface area contributed by atoms with Gasteiger partial charge >= 0.3 is 0 Å². The van der Waals surface area contributed by atoms with E-state index in [0.29, 0.717) is 13.1 Å². The van der Waals surface area contributed by atoms with Gasteiger partial charge < -0.3 is 10.0 Å². The van der Waals surface area contributed by atoms with Crippen LogP contribution >= 0.6 is 0 Å². The summed E-state index contributed by atoms with van der Waals surface area (Å²) in [5.41, 5.74) is 0.119. The highest BCUT2D eigenvalue weighted by Gasteiger charge is 2.24. The standard InChI is InChI=1S/C14H20N2O4/c1-3-8-15(9-4-2)14(18)13(17)11-6-5-7-12(10-11)16(19)20/h5-7,10,13,17H,3-4,8-9H2,1-2H3. The van der Waals surface area contributed by atoms with Crippen LogP contribution in [0.25, 0.3) is 0 Å². The Balaban J connectivity index is 2.91. The van der Waals surface area contributed by atoms with Crippen LogP contribution in [-0.4, -0.2) is 33.9 Å². The zero-order valence-electron chi connectivity index (χ0n) is 11.8. The zero-order valence-corrected chi connectivity index (χ0v) is 11.8. The molecule has 6 nitrogen and oxygen atoms in total. The van der Waals surface area contributed by atoms with Crippen LogP contribution in [0.1, 0.15) is 38.4 Å². The predicted molar refractivity (Wildman–Crippen MR) is 75.2 cm³/mol. The Labute approximate surface area is 118 Å². The number of amides is 1. The highest BCUT2D eigenvalue weighted by atomic mass is 16.6. The number of aliphatic hydroxyl groups excluding tert-OH is 1. The van der Waals surface area contributed by atoms with Gasteiger partial charge in [-0.15, -0.1) is 0 Å². The van der Waals surface area contributed by atoms with E-state index in [1.807, 2.05) is 13.8 Å². The quantitative estimate of drug-likeness (QED) is 0.613. The number of nitro benzene ring substituents is 1. The topological polar surface area (TPSA) is 83.7 Å². The van der Waals surface area contributed by atoms with Crippen LogP contribution in [0.15, 0.2) is 24.3 Å². The molecule has 1 aromatic rings. The van der Waals surface area contributed by atoms with Gasteiger partial charge in [0.05, 0.1) is 4.92 Å². The Kier molecular flexibility index (Phi) is 6.11. The smallest absolute Gasteiger partial charge is 0.269 e. The molecular weight excluding hydrogens is 260 g/mol. The van der Waals surface area contributed by atoms with Gasteiger partial charge in [-0.3, -0.25) is 14.9 Å². The minimum Gasteiger partial charge on any atom is -0.378 e. The van der Waals surface area contributed by atoms with Crippen molar-refractivity contribution in [3.05, 3.63) is 39.9 Å². The lowest BCUT2D eigenvalue weighted by Gasteiger charge is -2.24. The van der Waals surface area contributed by atoms with Crippen molar-refractivity contribution in [2.45, 2.75) is 32.8 Å². The van der Waals surface area contributed by atoms with E-state index >= 15 is 0 Å². The van der Waals surface area contributed by atoms with Crippen LogP contribution in [0.3, 0.4) is 0 Å². The number of non-ortho nitro benzene ring substituents is 1. The van der Waals surface area contributed by atoms with Crippen molar-refractivity contribution in [2.75, 3.05) is 13.1 Å². The van der Waals surface area contributed by atoms with Gasteiger partial charge in [-0.2, -0.15) is 0 Å². The minimum atomic E-state index is -1.35. The summed E-state index contributed by atoms with van der Waals surface area (Å²) < 4.78 is 0. The maximum atomic E-state index is 12.2. The Bertz CT molecular complexity index is 470. The maximum Gasteiger partial charge on any atom is 0.269 e. The summed E-state index contributed by atoms with van der Waals surface area (Å²) >= 11 is 0. The monoisotopic (exact) mass is 280 g/mol. The molecule has 0 bridgehead atoms. The maximum absolute atomic E-state index is 12.2. The fraction of sp³-hybridized carbons (Fsp3) is 0.500. The Morgan fingerprint density at radius 2 is 1.95 bits per heavy atom. The van der Waals surface area contributed by atoms with Crippen molar-refractivity contribution >= 4 is 11.6 Å². The van der Waals surface area contributed by atoms with Crippen LogP contribution in [0.2, 0.25) is 0 Å². The van der Waals surface area contributed by atoms with E-state index < -0.39 is 16.9 Å². The molecule has 0 aliphatic rings. The number of hydrogen-bond donors (Lipinski definition) is 1. The van der Waals surface area contributed by atoms with Crippen molar-refractivity contribution < 1.29 is 14.8 Å². The average Bonchev–Trinajstić information content (AvgIpc) is 2.45. The summed E-state index contributed by atoms with van der Waals surface area (Å²) in [5, 5.41) is 20.8. The molecule has 0 spiro atoms. The first-order valence-electron chi connectivity index (χ1n) is 6.72. The number of nitrogens with zero attached hydrogens (tertiary/aromatic N) is 2. The Morgan fingerprint density at radius 1 is 1.35 bits per heavy atom. The van der Waals surface area contributed by atoms with Crippen LogP contribution in [0.5, 0.6) is 0 Å². The van der Waals surface area contributed by atoms with Crippen molar-refractivity contribution in [3.63, 3.8) is 0 Å². The molecule has 1 amide bonds. The van der Waals surface area contributed by atoms with Crippen molar-refractivity contribution in [1.82, 2.24) is 4.90 Å². The molecule has 1 rings (SSSR count). The molecule has 1 N–H and O–H groups in total. The summed E-state index contributed by atoms with van der Waals surface area (Å²) in [5.74, 6) is -0.408. The van der Waals surface area contributed by atoms with Gasteiger partial charge in [-0.05, 0) is 18.4 Å². The molecule has 110 valence electrons. The fourth-order valence-corrected chi connectivity index (χ4v) is 2.00. The number of hydrogen-bond acceptors (Lipinski definition) is 4. The van der Waals surface area contributed by atoms with Gasteiger partial charge in [0.1, 0.15) is 0 Å². The third kappa shape index (κ3) is 4.03. The molecule has 6 heteroatoms. The van der Waals surface area contributed by atoms with E-state index in [0.717, 1.165) is 12.8 Å². The highest BCUT2D eigenvalue weighted by Crippen LogP contribution is 2.21. The second kappa shape index (κ2) is 7.59. The van der Waals surface area contributed by atoms with Crippen molar-refractivity contribution in [2.24, 2.45) is 0 Å². The predicted octanol–water partition coefficient (Wildman–Crippen LogP) is 2.28. The van der Waals surface area contributed by atoms with Gasteiger partial charge in [0.2, 0.25) is 0 Å². The molecule has 0 aromatic heterocycles. The Hall–Kier alpha value is -1.95. The van der Waals surface area contributed by atoms with E-state index in [2.05, 4.69) is 0 Å². The number of nitro groups is 1. The third-order valence-electron chi connectivity index (χ3n) is 2.93. The van der Waals surface area contributed by atoms with E-state index in [4.69, 9.17) is 0 Å². The SMILES string of the molecule is CCCN(CCC)C(=O)C(O)c1cccc([N+](=O)[O-])c1. The molecule has 0 aliphatic carbocycles. The molecule has 0 heterocycles. The van der Waals surface area contributed by atoms with E-state index in [1.54, 1.807) is 4.90 Å². The second-order valence-corrected chi connectivity index (χ2v) is 4.58. The lowest BCUT2D eigenvalue weighted by molar-refractivity contribution is -0.385. The molecule has 0 saturated carbocycles. The summed E-state index contributed by atoms with van der Waals surface area (Å²) in [6, 6.07) is 5.55. The molecule has 1 aromatic carbocycles. The molecule has 0 radical (unpaired) electrons. The Morgan fingerprint density at radius 3 is 2.45 bits per heavy atom. The largest absolute Gasteiger partial charge is 0.378 e. The first-order valence-corrected chi connectivity index (χ1v) is 6.72. The summed E-state index contributed by atoms with van der Waals surface area (Å²) in [7, 11) is 0. The normalized spacial score (nSPS) is 11.9. The van der Waals surface area contributed by atoms with E-state index in [-0.39, 0.29) is 11.3 Å². The van der Waals surface area contributed by atoms with E-state index in [1.165, 1.54) is 24.3 Å². The summed E-state index contributed by atoms with van der Waals surface area (Å²) in [6.07, 6.45) is 0.244. The molecule has 0 saturated heterocycles. The van der Waals surface area contributed by atoms with Gasteiger partial charge in [0.15, 0.2) is 6.10 Å². The van der Waals surface area contributed by atoms with Crippen LogP contribution < -0.4 is 0 Å². The number of rotatable bonds is 7. The highest BCUT2D eigenvalue weighted by molar-refractivity contribution is 5.82. The molecule has 0 aliphatic heterocycles. The summed E-state index contributed by atoms with van der Waals surface area (Å²) in [4.78, 5) is 24.0. The zero-order chi connectivity index (χ0) is 15.1. The van der Waals surface area contributed by atoms with Gasteiger partial charge in [0.25, 0.3) is 11.6 Å². The van der Waals surface area contributed by atoms with Gasteiger partial charge in [0, 0.05) is 25.2 Å². The summed E-state index contributed by atoms with van der Waals surface area (Å²) in [6.45, 7) is 5.04. The average molecular weight is 280 g/mol. The first kappa shape index (κ1) is 16.1. The molecule has 20 heavy (non-hydrogen) atoms. The van der Waals surface area contributed by atoms with Gasteiger partial charge in [-0.1, -0.05) is 26.0 Å². The molecule has 0 fully saturated rings.